The average Bonchev–Trinajstić information content (AvgIpc) is 2.83. The Labute approximate surface area is 115 Å². The van der Waals surface area contributed by atoms with E-state index in [9.17, 15) is 5.11 Å². The van der Waals surface area contributed by atoms with Crippen LogP contribution < -0.4 is 0 Å². The van der Waals surface area contributed by atoms with E-state index in [1.807, 2.05) is 53.1 Å². The maximum absolute atomic E-state index is 9.79. The molecule has 0 aliphatic carbocycles. The fraction of sp³-hybridized carbons (Fsp3) is 0.143. The summed E-state index contributed by atoms with van der Waals surface area (Å²) in [5, 5.41) is 18.9. The number of hydrogen-bond donors (Lipinski definition) is 1. The molecular formula is C14H13N3OS. The lowest BCUT2D eigenvalue weighted by atomic mass is 10.1. The molecule has 0 fully saturated rings. The van der Waals surface area contributed by atoms with E-state index in [0.29, 0.717) is 0 Å². The molecule has 0 aliphatic heterocycles. The van der Waals surface area contributed by atoms with Gasteiger partial charge in [-0.15, -0.1) is 10.2 Å². The summed E-state index contributed by atoms with van der Waals surface area (Å²) in [5.74, 6) is 0. The Morgan fingerprint density at radius 1 is 1.11 bits per heavy atom. The molecule has 0 radical (unpaired) electrons. The first-order chi connectivity index (χ1) is 9.25. The number of benzene rings is 1. The normalized spacial score (nSPS) is 12.7. The maximum atomic E-state index is 9.79. The summed E-state index contributed by atoms with van der Waals surface area (Å²) in [5.41, 5.74) is 1.72. The van der Waals surface area contributed by atoms with E-state index in [0.717, 1.165) is 21.3 Å². The summed E-state index contributed by atoms with van der Waals surface area (Å²) in [6.07, 6.45) is 1.44. The Morgan fingerprint density at radius 2 is 1.89 bits per heavy atom. The van der Waals surface area contributed by atoms with Gasteiger partial charge in [-0.25, -0.2) is 0 Å². The lowest BCUT2D eigenvalue weighted by Crippen LogP contribution is -1.94. The third kappa shape index (κ3) is 2.34. The van der Waals surface area contributed by atoms with E-state index in [1.54, 1.807) is 6.92 Å². The number of nitrogens with zero attached hydrogens (tertiary/aromatic N) is 3. The van der Waals surface area contributed by atoms with Gasteiger partial charge in [0, 0.05) is 11.1 Å². The van der Waals surface area contributed by atoms with Crippen LogP contribution in [0.3, 0.4) is 0 Å². The van der Waals surface area contributed by atoms with Crippen LogP contribution in [-0.4, -0.2) is 19.7 Å². The molecule has 0 aliphatic rings. The molecule has 1 aromatic carbocycles. The molecule has 0 saturated carbocycles. The minimum absolute atomic E-state index is 0.497. The molecule has 0 saturated heterocycles. The van der Waals surface area contributed by atoms with Crippen molar-refractivity contribution in [2.45, 2.75) is 23.1 Å². The molecule has 0 bridgehead atoms. The van der Waals surface area contributed by atoms with E-state index in [2.05, 4.69) is 10.2 Å². The highest BCUT2D eigenvalue weighted by Crippen LogP contribution is 2.32. The topological polar surface area (TPSA) is 50.4 Å². The van der Waals surface area contributed by atoms with Gasteiger partial charge in [-0.2, -0.15) is 0 Å². The number of fused-ring (bicyclic) bond motifs is 1. The van der Waals surface area contributed by atoms with E-state index < -0.39 is 6.10 Å². The molecule has 0 amide bonds. The van der Waals surface area contributed by atoms with Crippen LogP contribution in [-0.2, 0) is 0 Å². The summed E-state index contributed by atoms with van der Waals surface area (Å²) in [4.78, 5) is 0.996. The predicted octanol–water partition coefficient (Wildman–Crippen LogP) is 2.93. The predicted molar refractivity (Wildman–Crippen MR) is 74.2 cm³/mol. The molecule has 3 aromatic rings. The van der Waals surface area contributed by atoms with Crippen LogP contribution in [0.25, 0.3) is 5.65 Å². The maximum Gasteiger partial charge on any atom is 0.200 e. The van der Waals surface area contributed by atoms with Crippen LogP contribution in [0.4, 0.5) is 0 Å². The number of pyridine rings is 1. The molecule has 4 nitrogen and oxygen atoms in total. The first-order valence-electron chi connectivity index (χ1n) is 6.00. The van der Waals surface area contributed by atoms with Crippen molar-refractivity contribution in [2.24, 2.45) is 0 Å². The van der Waals surface area contributed by atoms with E-state index in [-0.39, 0.29) is 0 Å². The summed E-state index contributed by atoms with van der Waals surface area (Å²) in [7, 11) is 0. The Balaban J connectivity index is 2.02. The molecule has 5 heteroatoms. The quantitative estimate of drug-likeness (QED) is 0.795. The Morgan fingerprint density at radius 3 is 2.74 bits per heavy atom. The highest BCUT2D eigenvalue weighted by molar-refractivity contribution is 7.99. The fourth-order valence-corrected chi connectivity index (χ4v) is 2.94. The van der Waals surface area contributed by atoms with Gasteiger partial charge >= 0.3 is 0 Å². The minimum Gasteiger partial charge on any atom is -0.389 e. The third-order valence-electron chi connectivity index (χ3n) is 2.85. The molecule has 2 heterocycles. The minimum atomic E-state index is -0.497. The Hall–Kier alpha value is -1.85. The van der Waals surface area contributed by atoms with E-state index >= 15 is 0 Å². The van der Waals surface area contributed by atoms with Gasteiger partial charge in [0.25, 0.3) is 0 Å². The summed E-state index contributed by atoms with van der Waals surface area (Å²) >= 11 is 1.51. The fourth-order valence-electron chi connectivity index (χ4n) is 1.91. The van der Waals surface area contributed by atoms with Crippen LogP contribution in [0.5, 0.6) is 0 Å². The molecular weight excluding hydrogens is 258 g/mol. The molecule has 3 rings (SSSR count). The van der Waals surface area contributed by atoms with Crippen molar-refractivity contribution in [3.05, 3.63) is 54.2 Å². The highest BCUT2D eigenvalue weighted by atomic mass is 32.2. The van der Waals surface area contributed by atoms with Crippen LogP contribution >= 0.6 is 11.8 Å². The first kappa shape index (κ1) is 12.2. The SMILES string of the molecule is C[C@H](O)c1ccccc1Sc1nnc2ccccn12. The lowest BCUT2D eigenvalue weighted by Gasteiger charge is -2.10. The van der Waals surface area contributed by atoms with Crippen LogP contribution in [0.2, 0.25) is 0 Å². The van der Waals surface area contributed by atoms with Gasteiger partial charge in [0.2, 0.25) is 0 Å². The van der Waals surface area contributed by atoms with Crippen molar-refractivity contribution in [3.63, 3.8) is 0 Å². The number of aliphatic hydroxyl groups is 1. The summed E-state index contributed by atoms with van der Waals surface area (Å²) in [6, 6.07) is 13.6. The number of aliphatic hydroxyl groups excluding tert-OH is 1. The largest absolute Gasteiger partial charge is 0.389 e. The van der Waals surface area contributed by atoms with Gasteiger partial charge < -0.3 is 5.11 Å². The Bertz CT molecular complexity index is 708. The third-order valence-corrected chi connectivity index (χ3v) is 3.91. The van der Waals surface area contributed by atoms with Gasteiger partial charge in [0.15, 0.2) is 10.8 Å². The second-order valence-electron chi connectivity index (χ2n) is 4.23. The zero-order valence-electron chi connectivity index (χ0n) is 10.4. The van der Waals surface area contributed by atoms with E-state index in [4.69, 9.17) is 0 Å². The van der Waals surface area contributed by atoms with Crippen molar-refractivity contribution in [1.29, 1.82) is 0 Å². The van der Waals surface area contributed by atoms with E-state index in [1.165, 1.54) is 11.8 Å². The second-order valence-corrected chi connectivity index (χ2v) is 5.24. The standard InChI is InChI=1S/C14H13N3OS/c1-10(18)11-6-2-3-7-12(11)19-14-16-15-13-8-4-5-9-17(13)14/h2-10,18H,1H3/t10-/m0/s1. The van der Waals surface area contributed by atoms with Crippen LogP contribution in [0.15, 0.2) is 58.7 Å². The van der Waals surface area contributed by atoms with Crippen molar-refractivity contribution in [3.8, 4) is 0 Å². The van der Waals surface area contributed by atoms with Crippen molar-refractivity contribution in [2.75, 3.05) is 0 Å². The van der Waals surface area contributed by atoms with Gasteiger partial charge in [-0.05, 0) is 42.4 Å². The monoisotopic (exact) mass is 271 g/mol. The van der Waals surface area contributed by atoms with Gasteiger partial charge in [0.05, 0.1) is 6.10 Å². The first-order valence-corrected chi connectivity index (χ1v) is 6.82. The zero-order chi connectivity index (χ0) is 13.2. The van der Waals surface area contributed by atoms with Crippen molar-refractivity contribution >= 4 is 17.4 Å². The molecule has 2 aromatic heterocycles. The molecule has 0 spiro atoms. The zero-order valence-corrected chi connectivity index (χ0v) is 11.2. The molecule has 0 unspecified atom stereocenters. The number of rotatable bonds is 3. The number of hydrogen-bond acceptors (Lipinski definition) is 4. The molecule has 1 atom stereocenters. The van der Waals surface area contributed by atoms with Crippen LogP contribution in [0, 0.1) is 0 Å². The van der Waals surface area contributed by atoms with Crippen molar-refractivity contribution < 1.29 is 5.11 Å². The summed E-state index contributed by atoms with van der Waals surface area (Å²) in [6.45, 7) is 1.77. The van der Waals surface area contributed by atoms with Gasteiger partial charge in [0.1, 0.15) is 0 Å². The van der Waals surface area contributed by atoms with Crippen molar-refractivity contribution in [1.82, 2.24) is 14.6 Å². The average molecular weight is 271 g/mol. The molecule has 1 N–H and O–H groups in total. The van der Waals surface area contributed by atoms with Gasteiger partial charge in [-0.1, -0.05) is 24.3 Å². The summed E-state index contributed by atoms with van der Waals surface area (Å²) < 4.78 is 1.93. The van der Waals surface area contributed by atoms with Gasteiger partial charge in [-0.3, -0.25) is 4.40 Å². The van der Waals surface area contributed by atoms with Crippen LogP contribution in [0.1, 0.15) is 18.6 Å². The smallest absolute Gasteiger partial charge is 0.200 e. The second kappa shape index (κ2) is 5.03. The molecule has 19 heavy (non-hydrogen) atoms. The lowest BCUT2D eigenvalue weighted by molar-refractivity contribution is 0.196. The molecule has 96 valence electrons. The highest BCUT2D eigenvalue weighted by Gasteiger charge is 2.12. The number of aromatic nitrogens is 3. The Kier molecular flexibility index (Phi) is 3.23.